The van der Waals surface area contributed by atoms with E-state index in [0.29, 0.717) is 5.41 Å². The fourth-order valence-corrected chi connectivity index (χ4v) is 3.98. The zero-order valence-electron chi connectivity index (χ0n) is 11.3. The van der Waals surface area contributed by atoms with E-state index in [-0.39, 0.29) is 0 Å². The van der Waals surface area contributed by atoms with E-state index in [1.165, 1.54) is 22.0 Å². The minimum Gasteiger partial charge on any atom is -0.0805 e. The third-order valence-corrected chi connectivity index (χ3v) is 5.80. The van der Waals surface area contributed by atoms with E-state index in [9.17, 15) is 0 Å². The van der Waals surface area contributed by atoms with Gasteiger partial charge in [-0.3, -0.25) is 0 Å². The highest BCUT2D eigenvalue weighted by Gasteiger charge is 2.47. The van der Waals surface area contributed by atoms with Crippen molar-refractivity contribution in [3.05, 3.63) is 33.5 Å². The fraction of sp³-hybridized carbons (Fsp3) is 0.625. The molecule has 0 radical (unpaired) electrons. The van der Waals surface area contributed by atoms with Crippen LogP contribution in [0.4, 0.5) is 0 Å². The Morgan fingerprint density at radius 2 is 2.24 bits per heavy atom. The highest BCUT2D eigenvalue weighted by Crippen LogP contribution is 2.55. The highest BCUT2D eigenvalue weighted by molar-refractivity contribution is 14.1. The first-order chi connectivity index (χ1) is 7.95. The molecule has 2 aliphatic rings. The molecule has 1 saturated carbocycles. The van der Waals surface area contributed by atoms with Crippen LogP contribution in [-0.4, -0.2) is 0 Å². The number of halogens is 1. The summed E-state index contributed by atoms with van der Waals surface area (Å²) in [5, 5.41) is 0. The molecule has 0 amide bonds. The van der Waals surface area contributed by atoms with Crippen LogP contribution in [0.15, 0.2) is 33.5 Å². The molecule has 3 unspecified atom stereocenters. The molecule has 17 heavy (non-hydrogen) atoms. The first-order valence-corrected chi connectivity index (χ1v) is 7.70. The summed E-state index contributed by atoms with van der Waals surface area (Å²) in [6, 6.07) is 0. The molecule has 0 saturated heterocycles. The number of hydrogen-bond donors (Lipinski definition) is 0. The van der Waals surface area contributed by atoms with Crippen LogP contribution < -0.4 is 0 Å². The second-order valence-electron chi connectivity index (χ2n) is 6.15. The van der Waals surface area contributed by atoms with Crippen LogP contribution in [0, 0.1) is 23.2 Å². The van der Waals surface area contributed by atoms with Gasteiger partial charge in [0.1, 0.15) is 0 Å². The Morgan fingerprint density at radius 3 is 2.88 bits per heavy atom. The van der Waals surface area contributed by atoms with Crippen LogP contribution >= 0.6 is 22.6 Å². The summed E-state index contributed by atoms with van der Waals surface area (Å²) in [6.07, 6.45) is 12.1. The van der Waals surface area contributed by atoms with E-state index in [4.69, 9.17) is 0 Å². The van der Waals surface area contributed by atoms with Gasteiger partial charge in [0.15, 0.2) is 0 Å². The third kappa shape index (κ3) is 2.54. The van der Waals surface area contributed by atoms with Crippen molar-refractivity contribution in [1.29, 1.82) is 0 Å². The van der Waals surface area contributed by atoms with Crippen molar-refractivity contribution in [2.75, 3.05) is 0 Å². The molecule has 2 aliphatic carbocycles. The maximum absolute atomic E-state index is 2.51. The van der Waals surface area contributed by atoms with Crippen LogP contribution in [0.25, 0.3) is 0 Å². The summed E-state index contributed by atoms with van der Waals surface area (Å²) in [7, 11) is 0. The summed E-state index contributed by atoms with van der Waals surface area (Å²) in [4.78, 5) is 0. The first-order valence-electron chi connectivity index (χ1n) is 6.62. The lowest BCUT2D eigenvalue weighted by Gasteiger charge is -2.33. The Balaban J connectivity index is 2.21. The predicted octanol–water partition coefficient (Wildman–Crippen LogP) is 5.51. The average molecular weight is 342 g/mol. The Bertz CT molecular complexity index is 384. The molecule has 0 aromatic carbocycles. The zero-order chi connectivity index (χ0) is 12.6. The van der Waals surface area contributed by atoms with Gasteiger partial charge in [0.2, 0.25) is 0 Å². The van der Waals surface area contributed by atoms with Crippen molar-refractivity contribution in [3.8, 4) is 0 Å². The minimum absolute atomic E-state index is 0.441. The summed E-state index contributed by atoms with van der Waals surface area (Å²) >= 11 is 2.50. The van der Waals surface area contributed by atoms with E-state index < -0.39 is 0 Å². The number of rotatable bonds is 2. The van der Waals surface area contributed by atoms with Gasteiger partial charge in [-0.15, -0.1) is 0 Å². The van der Waals surface area contributed by atoms with Gasteiger partial charge in [-0.2, -0.15) is 0 Å². The van der Waals surface area contributed by atoms with Gasteiger partial charge in [-0.25, -0.2) is 0 Å². The standard InChI is InChI=1S/C16H23I/c1-5-14(17)10-13-9-12-7-6-11(2)8-15(12)16(13,3)4/h5-8,12-13,15H,9-10H2,1-4H3/b14-5+. The summed E-state index contributed by atoms with van der Waals surface area (Å²) in [5.74, 6) is 2.35. The first kappa shape index (κ1) is 13.4. The second-order valence-corrected chi connectivity index (χ2v) is 7.54. The molecule has 0 spiro atoms. The van der Waals surface area contributed by atoms with Gasteiger partial charge in [-0.1, -0.05) is 43.7 Å². The molecular weight excluding hydrogens is 319 g/mol. The normalized spacial score (nSPS) is 35.7. The second kappa shape index (κ2) is 4.91. The Hall–Kier alpha value is -0.0500. The van der Waals surface area contributed by atoms with Crippen molar-refractivity contribution in [2.24, 2.45) is 23.2 Å². The largest absolute Gasteiger partial charge is 0.0805 e. The average Bonchev–Trinajstić information content (AvgIpc) is 2.52. The van der Waals surface area contributed by atoms with Crippen LogP contribution in [0.3, 0.4) is 0 Å². The van der Waals surface area contributed by atoms with Crippen molar-refractivity contribution in [3.63, 3.8) is 0 Å². The smallest absolute Gasteiger partial charge is 0.0110 e. The Morgan fingerprint density at radius 1 is 1.53 bits per heavy atom. The monoisotopic (exact) mass is 342 g/mol. The van der Waals surface area contributed by atoms with Gasteiger partial charge < -0.3 is 0 Å². The molecular formula is C16H23I. The van der Waals surface area contributed by atoms with E-state index >= 15 is 0 Å². The van der Waals surface area contributed by atoms with Crippen LogP contribution in [0.1, 0.15) is 40.5 Å². The van der Waals surface area contributed by atoms with Gasteiger partial charge in [0.25, 0.3) is 0 Å². The molecule has 0 nitrogen and oxygen atoms in total. The lowest BCUT2D eigenvalue weighted by Crippen LogP contribution is -2.26. The molecule has 1 fully saturated rings. The lowest BCUT2D eigenvalue weighted by atomic mass is 9.71. The molecule has 0 aromatic rings. The van der Waals surface area contributed by atoms with Gasteiger partial charge in [0.05, 0.1) is 0 Å². The molecule has 2 rings (SSSR count). The van der Waals surface area contributed by atoms with Gasteiger partial charge >= 0.3 is 0 Å². The quantitative estimate of drug-likeness (QED) is 0.581. The van der Waals surface area contributed by atoms with Crippen molar-refractivity contribution in [2.45, 2.75) is 40.5 Å². The van der Waals surface area contributed by atoms with Gasteiger partial charge in [-0.05, 0) is 76.0 Å². The zero-order valence-corrected chi connectivity index (χ0v) is 13.5. The molecule has 94 valence electrons. The third-order valence-electron chi connectivity index (χ3n) is 4.73. The predicted molar refractivity (Wildman–Crippen MR) is 84.2 cm³/mol. The molecule has 0 bridgehead atoms. The molecule has 0 aromatic heterocycles. The van der Waals surface area contributed by atoms with E-state index in [1.807, 2.05) is 0 Å². The van der Waals surface area contributed by atoms with Crippen LogP contribution in [0.2, 0.25) is 0 Å². The molecule has 0 heterocycles. The Labute approximate surface area is 119 Å². The number of hydrogen-bond acceptors (Lipinski definition) is 0. The van der Waals surface area contributed by atoms with E-state index in [1.54, 1.807) is 0 Å². The molecule has 0 N–H and O–H groups in total. The number of allylic oxidation sites excluding steroid dienone is 6. The van der Waals surface area contributed by atoms with Crippen LogP contribution in [-0.2, 0) is 0 Å². The molecule has 1 heteroatoms. The van der Waals surface area contributed by atoms with Crippen molar-refractivity contribution < 1.29 is 0 Å². The maximum atomic E-state index is 2.51. The molecule has 0 aliphatic heterocycles. The van der Waals surface area contributed by atoms with Crippen LogP contribution in [0.5, 0.6) is 0 Å². The van der Waals surface area contributed by atoms with E-state index in [2.05, 4.69) is 74.6 Å². The summed E-state index contributed by atoms with van der Waals surface area (Å²) in [6.45, 7) is 9.31. The summed E-state index contributed by atoms with van der Waals surface area (Å²) in [5.41, 5.74) is 1.89. The Kier molecular flexibility index (Phi) is 3.86. The van der Waals surface area contributed by atoms with Gasteiger partial charge in [0, 0.05) is 0 Å². The SMILES string of the molecule is C/C=C(/I)CC1CC2C=CC(C)=CC2C1(C)C. The minimum atomic E-state index is 0.441. The number of fused-ring (bicyclic) bond motifs is 1. The summed E-state index contributed by atoms with van der Waals surface area (Å²) < 4.78 is 1.52. The fourth-order valence-electron chi connectivity index (χ4n) is 3.45. The van der Waals surface area contributed by atoms with Crippen molar-refractivity contribution >= 4 is 22.6 Å². The maximum Gasteiger partial charge on any atom is -0.0110 e. The highest BCUT2D eigenvalue weighted by atomic mass is 127. The topological polar surface area (TPSA) is 0 Å². The lowest BCUT2D eigenvalue weighted by molar-refractivity contribution is 0.210. The van der Waals surface area contributed by atoms with Crippen molar-refractivity contribution in [1.82, 2.24) is 0 Å². The molecule has 3 atom stereocenters. The van der Waals surface area contributed by atoms with E-state index in [0.717, 1.165) is 17.8 Å².